The van der Waals surface area contributed by atoms with E-state index in [9.17, 15) is 9.59 Å². The van der Waals surface area contributed by atoms with E-state index in [0.29, 0.717) is 6.54 Å². The summed E-state index contributed by atoms with van der Waals surface area (Å²) >= 11 is 3.48. The van der Waals surface area contributed by atoms with Crippen LogP contribution in [0.15, 0.2) is 53.0 Å². The Kier molecular flexibility index (Phi) is 5.19. The Hall–Kier alpha value is -2.14. The van der Waals surface area contributed by atoms with Crippen LogP contribution in [0.3, 0.4) is 0 Å². The van der Waals surface area contributed by atoms with Crippen molar-refractivity contribution in [3.8, 4) is 0 Å². The summed E-state index contributed by atoms with van der Waals surface area (Å²) in [5.74, 6) is -0.492. The molecule has 1 aliphatic rings. The molecule has 2 amide bonds. The fourth-order valence-corrected chi connectivity index (χ4v) is 3.77. The summed E-state index contributed by atoms with van der Waals surface area (Å²) in [6.45, 7) is 6.74. The van der Waals surface area contributed by atoms with Gasteiger partial charge in [-0.25, -0.2) is 0 Å². The SMILES string of the molecule is CC(C)(C)c1ccccc1NC(=O)C1CC(=O)N(c2ccccc2Br)C1. The molecule has 1 aliphatic heterocycles. The van der Waals surface area contributed by atoms with Gasteiger partial charge in [0, 0.05) is 23.1 Å². The summed E-state index contributed by atoms with van der Waals surface area (Å²) in [5, 5.41) is 3.04. The van der Waals surface area contributed by atoms with Crippen LogP contribution in [0.1, 0.15) is 32.8 Å². The lowest BCUT2D eigenvalue weighted by Gasteiger charge is -2.23. The molecule has 3 rings (SSSR count). The van der Waals surface area contributed by atoms with Crippen LogP contribution in [-0.2, 0) is 15.0 Å². The van der Waals surface area contributed by atoms with Gasteiger partial charge in [0.05, 0.1) is 11.6 Å². The van der Waals surface area contributed by atoms with E-state index in [1.807, 2.05) is 48.5 Å². The van der Waals surface area contributed by atoms with Gasteiger partial charge in [0.1, 0.15) is 0 Å². The average molecular weight is 415 g/mol. The second kappa shape index (κ2) is 7.23. The lowest BCUT2D eigenvalue weighted by atomic mass is 9.85. The van der Waals surface area contributed by atoms with Crippen molar-refractivity contribution in [2.75, 3.05) is 16.8 Å². The largest absolute Gasteiger partial charge is 0.326 e. The van der Waals surface area contributed by atoms with Crippen molar-refractivity contribution in [2.45, 2.75) is 32.6 Å². The molecular weight excluding hydrogens is 392 g/mol. The first-order valence-corrected chi connectivity index (χ1v) is 9.52. The predicted molar refractivity (Wildman–Crippen MR) is 108 cm³/mol. The summed E-state index contributed by atoms with van der Waals surface area (Å²) in [6, 6.07) is 15.4. The molecule has 2 aromatic rings. The Bertz CT molecular complexity index is 842. The van der Waals surface area contributed by atoms with Gasteiger partial charge in [0.15, 0.2) is 0 Å². The van der Waals surface area contributed by atoms with Crippen molar-refractivity contribution in [2.24, 2.45) is 5.92 Å². The van der Waals surface area contributed by atoms with Gasteiger partial charge in [0.2, 0.25) is 11.8 Å². The Morgan fingerprint density at radius 2 is 1.77 bits per heavy atom. The van der Waals surface area contributed by atoms with E-state index in [4.69, 9.17) is 0 Å². The minimum Gasteiger partial charge on any atom is -0.326 e. The molecule has 1 saturated heterocycles. The highest BCUT2D eigenvalue weighted by Gasteiger charge is 2.36. The van der Waals surface area contributed by atoms with Gasteiger partial charge >= 0.3 is 0 Å². The zero-order chi connectivity index (χ0) is 18.9. The summed E-state index contributed by atoms with van der Waals surface area (Å²) < 4.78 is 0.854. The van der Waals surface area contributed by atoms with E-state index in [1.165, 1.54) is 0 Å². The molecule has 4 nitrogen and oxygen atoms in total. The first-order valence-electron chi connectivity index (χ1n) is 8.72. The molecule has 0 bridgehead atoms. The Balaban J connectivity index is 1.77. The van der Waals surface area contributed by atoms with Gasteiger partial charge in [-0.3, -0.25) is 9.59 Å². The minimum atomic E-state index is -0.359. The van der Waals surface area contributed by atoms with Crippen molar-refractivity contribution < 1.29 is 9.59 Å². The molecule has 1 unspecified atom stereocenters. The zero-order valence-corrected chi connectivity index (χ0v) is 16.8. The van der Waals surface area contributed by atoms with E-state index in [2.05, 4.69) is 42.0 Å². The molecule has 1 fully saturated rings. The molecule has 2 aromatic carbocycles. The number of amides is 2. The number of nitrogens with one attached hydrogen (secondary N) is 1. The fraction of sp³-hybridized carbons (Fsp3) is 0.333. The van der Waals surface area contributed by atoms with Crippen LogP contribution < -0.4 is 10.2 Å². The lowest BCUT2D eigenvalue weighted by Crippen LogP contribution is -2.29. The number of para-hydroxylation sites is 2. The van der Waals surface area contributed by atoms with Crippen LogP contribution in [0, 0.1) is 5.92 Å². The quantitative estimate of drug-likeness (QED) is 0.788. The number of halogens is 1. The number of carbonyl (C=O) groups is 2. The third kappa shape index (κ3) is 3.83. The standard InChI is InChI=1S/C21H23BrN2O2/c1-21(2,3)15-8-4-6-10-17(15)23-20(26)14-12-19(25)24(13-14)18-11-7-5-9-16(18)22/h4-11,14H,12-13H2,1-3H3,(H,23,26). The van der Waals surface area contributed by atoms with E-state index in [1.54, 1.807) is 4.90 Å². The van der Waals surface area contributed by atoms with E-state index >= 15 is 0 Å². The molecule has 26 heavy (non-hydrogen) atoms. The third-order valence-corrected chi connectivity index (χ3v) is 5.30. The summed E-state index contributed by atoms with van der Waals surface area (Å²) in [4.78, 5) is 26.9. The molecule has 1 heterocycles. The molecule has 1 N–H and O–H groups in total. The first kappa shape index (κ1) is 18.6. The van der Waals surface area contributed by atoms with Gasteiger partial charge < -0.3 is 10.2 Å². The highest BCUT2D eigenvalue weighted by molar-refractivity contribution is 9.10. The van der Waals surface area contributed by atoms with E-state index in [0.717, 1.165) is 21.4 Å². The lowest BCUT2D eigenvalue weighted by molar-refractivity contribution is -0.122. The van der Waals surface area contributed by atoms with Gasteiger partial charge in [-0.1, -0.05) is 51.1 Å². The number of carbonyl (C=O) groups excluding carboxylic acids is 2. The third-order valence-electron chi connectivity index (χ3n) is 4.63. The number of benzene rings is 2. The number of rotatable bonds is 3. The molecule has 0 saturated carbocycles. The average Bonchev–Trinajstić information content (AvgIpc) is 2.97. The Morgan fingerprint density at radius 1 is 1.12 bits per heavy atom. The molecule has 0 aromatic heterocycles. The number of nitrogens with zero attached hydrogens (tertiary/aromatic N) is 1. The number of hydrogen-bond acceptors (Lipinski definition) is 2. The van der Waals surface area contributed by atoms with Crippen LogP contribution in [0.4, 0.5) is 11.4 Å². The fourth-order valence-electron chi connectivity index (χ4n) is 3.27. The maximum Gasteiger partial charge on any atom is 0.229 e. The topological polar surface area (TPSA) is 49.4 Å². The Labute approximate surface area is 162 Å². The van der Waals surface area contributed by atoms with E-state index < -0.39 is 0 Å². The van der Waals surface area contributed by atoms with Gasteiger partial charge in [-0.2, -0.15) is 0 Å². The van der Waals surface area contributed by atoms with Crippen molar-refractivity contribution in [3.05, 3.63) is 58.6 Å². The molecule has 5 heteroatoms. The molecule has 0 spiro atoms. The smallest absolute Gasteiger partial charge is 0.229 e. The van der Waals surface area contributed by atoms with Crippen LogP contribution in [0.25, 0.3) is 0 Å². The van der Waals surface area contributed by atoms with Crippen molar-refractivity contribution in [1.82, 2.24) is 0 Å². The summed E-state index contributed by atoms with van der Waals surface area (Å²) in [5.41, 5.74) is 2.64. The normalized spacial score (nSPS) is 17.5. The van der Waals surface area contributed by atoms with Gasteiger partial charge in [-0.05, 0) is 45.1 Å². The molecular formula is C21H23BrN2O2. The van der Waals surface area contributed by atoms with Crippen molar-refractivity contribution >= 4 is 39.1 Å². The number of anilines is 2. The maximum atomic E-state index is 12.8. The molecule has 136 valence electrons. The van der Waals surface area contributed by atoms with Crippen LogP contribution in [-0.4, -0.2) is 18.4 Å². The van der Waals surface area contributed by atoms with Crippen LogP contribution >= 0.6 is 15.9 Å². The van der Waals surface area contributed by atoms with Gasteiger partial charge in [0.25, 0.3) is 0 Å². The minimum absolute atomic E-state index is 0.0267. The molecule has 1 atom stereocenters. The highest BCUT2D eigenvalue weighted by Crippen LogP contribution is 2.33. The van der Waals surface area contributed by atoms with Crippen LogP contribution in [0.2, 0.25) is 0 Å². The monoisotopic (exact) mass is 414 g/mol. The summed E-state index contributed by atoms with van der Waals surface area (Å²) in [7, 11) is 0. The predicted octanol–water partition coefficient (Wildman–Crippen LogP) is 4.74. The second-order valence-corrected chi connectivity index (χ2v) is 8.50. The highest BCUT2D eigenvalue weighted by atomic mass is 79.9. The van der Waals surface area contributed by atoms with Crippen molar-refractivity contribution in [1.29, 1.82) is 0 Å². The second-order valence-electron chi connectivity index (χ2n) is 7.64. The Morgan fingerprint density at radius 3 is 2.46 bits per heavy atom. The molecule has 0 radical (unpaired) electrons. The first-order chi connectivity index (χ1) is 12.3. The van der Waals surface area contributed by atoms with E-state index in [-0.39, 0.29) is 29.6 Å². The van der Waals surface area contributed by atoms with Crippen molar-refractivity contribution in [3.63, 3.8) is 0 Å². The molecule has 0 aliphatic carbocycles. The number of hydrogen-bond donors (Lipinski definition) is 1. The summed E-state index contributed by atoms with van der Waals surface area (Å²) in [6.07, 6.45) is 0.227. The maximum absolute atomic E-state index is 12.8. The zero-order valence-electron chi connectivity index (χ0n) is 15.3. The van der Waals surface area contributed by atoms with Crippen LogP contribution in [0.5, 0.6) is 0 Å². The van der Waals surface area contributed by atoms with Gasteiger partial charge in [-0.15, -0.1) is 0 Å².